The molecule has 4 N–H and O–H groups in total. The lowest BCUT2D eigenvalue weighted by Crippen LogP contribution is -2.44. The molecular formula is C26H31ClN6O3. The normalized spacial score (nSPS) is 18.6. The largest absolute Gasteiger partial charge is 0.489 e. The van der Waals surface area contributed by atoms with E-state index in [-0.39, 0.29) is 12.0 Å². The Morgan fingerprint density at radius 1 is 1.14 bits per heavy atom. The number of halogens is 1. The topological polar surface area (TPSA) is 122 Å². The van der Waals surface area contributed by atoms with E-state index in [0.717, 1.165) is 44.5 Å². The van der Waals surface area contributed by atoms with Gasteiger partial charge in [-0.3, -0.25) is 9.59 Å². The lowest BCUT2D eigenvalue weighted by Gasteiger charge is -2.33. The summed E-state index contributed by atoms with van der Waals surface area (Å²) in [5, 5.41) is 6.95. The minimum absolute atomic E-state index is 0.0232. The van der Waals surface area contributed by atoms with Crippen LogP contribution in [-0.4, -0.2) is 52.4 Å². The maximum atomic E-state index is 12.7. The molecule has 1 aromatic heterocycles. The number of hydrogen-bond acceptors (Lipinski definition) is 7. The number of benzene rings is 1. The van der Waals surface area contributed by atoms with Crippen LogP contribution in [0.15, 0.2) is 30.1 Å². The molecule has 9 nitrogen and oxygen atoms in total. The van der Waals surface area contributed by atoms with Gasteiger partial charge in [-0.1, -0.05) is 24.4 Å². The second-order valence-corrected chi connectivity index (χ2v) is 10.00. The molecular weight excluding hydrogens is 480 g/mol. The third kappa shape index (κ3) is 5.41. The van der Waals surface area contributed by atoms with Crippen LogP contribution in [0.5, 0.6) is 5.75 Å². The fourth-order valence-electron chi connectivity index (χ4n) is 5.14. The van der Waals surface area contributed by atoms with Gasteiger partial charge in [-0.05, 0) is 43.5 Å². The predicted molar refractivity (Wildman–Crippen MR) is 139 cm³/mol. The number of nitrogens with zero attached hydrogens (tertiary/aromatic N) is 3. The van der Waals surface area contributed by atoms with Gasteiger partial charge in [0.05, 0.1) is 10.6 Å². The van der Waals surface area contributed by atoms with Crippen molar-refractivity contribution in [2.24, 2.45) is 11.7 Å². The highest BCUT2D eigenvalue weighted by Gasteiger charge is 2.30. The zero-order chi connectivity index (χ0) is 25.1. The Hall–Kier alpha value is -3.33. The Morgan fingerprint density at radius 3 is 2.64 bits per heavy atom. The molecule has 0 unspecified atom stereocenters. The number of rotatable bonds is 6. The third-order valence-electron chi connectivity index (χ3n) is 7.15. The molecule has 5 rings (SSSR count). The first-order valence-corrected chi connectivity index (χ1v) is 13.0. The Bertz CT molecular complexity index is 1170. The summed E-state index contributed by atoms with van der Waals surface area (Å²) in [5.74, 6) is 1.86. The van der Waals surface area contributed by atoms with Crippen molar-refractivity contribution in [3.05, 3.63) is 40.7 Å². The zero-order valence-corrected chi connectivity index (χ0v) is 20.9. The highest BCUT2D eigenvalue weighted by Crippen LogP contribution is 2.34. The molecule has 2 aromatic rings. The summed E-state index contributed by atoms with van der Waals surface area (Å²) >= 11 is 6.57. The number of fused-ring (bicyclic) bond motifs is 1. The van der Waals surface area contributed by atoms with Crippen LogP contribution < -0.4 is 21.1 Å². The van der Waals surface area contributed by atoms with Crippen molar-refractivity contribution >= 4 is 46.8 Å². The van der Waals surface area contributed by atoms with Crippen molar-refractivity contribution in [3.8, 4) is 5.75 Å². The van der Waals surface area contributed by atoms with Gasteiger partial charge in [0.2, 0.25) is 11.8 Å². The van der Waals surface area contributed by atoms with Gasteiger partial charge in [-0.15, -0.1) is 0 Å². The first-order chi connectivity index (χ1) is 17.5. The van der Waals surface area contributed by atoms with Crippen LogP contribution >= 0.6 is 11.6 Å². The van der Waals surface area contributed by atoms with Gasteiger partial charge in [0.1, 0.15) is 29.8 Å². The number of aromatic nitrogens is 2. The lowest BCUT2D eigenvalue weighted by molar-refractivity contribution is -0.137. The molecule has 36 heavy (non-hydrogen) atoms. The van der Waals surface area contributed by atoms with Gasteiger partial charge in [0.15, 0.2) is 0 Å². The van der Waals surface area contributed by atoms with E-state index < -0.39 is 5.91 Å². The quantitative estimate of drug-likeness (QED) is 0.534. The number of anilines is 3. The molecule has 1 saturated carbocycles. The highest BCUT2D eigenvalue weighted by molar-refractivity contribution is 6.32. The average molecular weight is 511 g/mol. The van der Waals surface area contributed by atoms with E-state index >= 15 is 0 Å². The van der Waals surface area contributed by atoms with Crippen molar-refractivity contribution in [2.45, 2.75) is 51.0 Å². The number of carbonyl (C=O) groups is 2. The van der Waals surface area contributed by atoms with Crippen molar-refractivity contribution in [1.29, 1.82) is 0 Å². The number of likely N-dealkylation sites (tertiary alicyclic amines) is 1. The molecule has 0 spiro atoms. The molecule has 3 heterocycles. The number of ether oxygens (including phenoxy) is 1. The maximum Gasteiger partial charge on any atom is 0.244 e. The minimum Gasteiger partial charge on any atom is -0.489 e. The van der Waals surface area contributed by atoms with Gasteiger partial charge in [-0.2, -0.15) is 0 Å². The van der Waals surface area contributed by atoms with E-state index in [1.165, 1.54) is 19.2 Å². The number of nitrogens with one attached hydrogen (secondary N) is 2. The number of amides is 2. The lowest BCUT2D eigenvalue weighted by atomic mass is 10.0. The predicted octanol–water partition coefficient (Wildman–Crippen LogP) is 4.12. The molecule has 1 aromatic carbocycles. The van der Waals surface area contributed by atoms with Crippen LogP contribution in [0.1, 0.15) is 50.5 Å². The molecule has 0 radical (unpaired) electrons. The molecule has 1 aliphatic carbocycles. The maximum absolute atomic E-state index is 12.7. The van der Waals surface area contributed by atoms with Crippen LogP contribution in [0.3, 0.4) is 0 Å². The summed E-state index contributed by atoms with van der Waals surface area (Å²) in [4.78, 5) is 35.1. The molecule has 190 valence electrons. The summed E-state index contributed by atoms with van der Waals surface area (Å²) in [6.07, 6.45) is 9.70. The van der Waals surface area contributed by atoms with Crippen molar-refractivity contribution in [1.82, 2.24) is 14.9 Å². The Labute approximate surface area is 215 Å². The van der Waals surface area contributed by atoms with Gasteiger partial charge >= 0.3 is 0 Å². The monoisotopic (exact) mass is 510 g/mol. The zero-order valence-electron chi connectivity index (χ0n) is 20.1. The standard InChI is InChI=1S/C26H31ClN6O3/c27-21-14-18(32-25-20-13-17(23(28)34)7-10-29-24(20)30-15-31-25)5-6-22(21)36-19-8-11-33(12-9-19)26(35)16-3-1-2-4-16/h5-6,13-16,19H,1-4,7-12H2,(H2,28,34)(H2,29,30,31,32). The Morgan fingerprint density at radius 2 is 1.92 bits per heavy atom. The van der Waals surface area contributed by atoms with Crippen molar-refractivity contribution in [2.75, 3.05) is 30.3 Å². The van der Waals surface area contributed by atoms with Gasteiger partial charge < -0.3 is 26.0 Å². The van der Waals surface area contributed by atoms with Crippen LogP contribution in [0.25, 0.3) is 6.08 Å². The Kier molecular flexibility index (Phi) is 7.27. The fourth-order valence-corrected chi connectivity index (χ4v) is 5.37. The average Bonchev–Trinajstić information content (AvgIpc) is 3.32. The van der Waals surface area contributed by atoms with E-state index in [0.29, 0.717) is 52.4 Å². The van der Waals surface area contributed by atoms with Crippen LogP contribution in [-0.2, 0) is 9.59 Å². The van der Waals surface area contributed by atoms with E-state index in [1.807, 2.05) is 17.0 Å². The molecule has 2 fully saturated rings. The summed E-state index contributed by atoms with van der Waals surface area (Å²) in [7, 11) is 0. The Balaban J connectivity index is 1.23. The molecule has 2 amide bonds. The fraction of sp³-hybridized carbons (Fsp3) is 0.462. The molecule has 2 aliphatic heterocycles. The first kappa shape index (κ1) is 24.4. The number of primary amides is 1. The smallest absolute Gasteiger partial charge is 0.244 e. The van der Waals surface area contributed by atoms with E-state index in [9.17, 15) is 9.59 Å². The van der Waals surface area contributed by atoms with E-state index in [1.54, 1.807) is 12.1 Å². The molecule has 10 heteroatoms. The van der Waals surface area contributed by atoms with E-state index in [2.05, 4.69) is 20.6 Å². The van der Waals surface area contributed by atoms with Crippen LogP contribution in [0, 0.1) is 5.92 Å². The van der Waals surface area contributed by atoms with Gasteiger partial charge in [0.25, 0.3) is 0 Å². The molecule has 0 bridgehead atoms. The summed E-state index contributed by atoms with van der Waals surface area (Å²) in [5.41, 5.74) is 7.42. The number of nitrogens with two attached hydrogens (primary N) is 1. The number of piperidine rings is 1. The summed E-state index contributed by atoms with van der Waals surface area (Å²) in [6, 6.07) is 5.49. The minimum atomic E-state index is -0.460. The highest BCUT2D eigenvalue weighted by atomic mass is 35.5. The van der Waals surface area contributed by atoms with Crippen LogP contribution in [0.4, 0.5) is 17.3 Å². The number of carbonyl (C=O) groups excluding carboxylic acids is 2. The van der Waals surface area contributed by atoms with Crippen molar-refractivity contribution in [3.63, 3.8) is 0 Å². The first-order valence-electron chi connectivity index (χ1n) is 12.6. The van der Waals surface area contributed by atoms with Crippen LogP contribution in [0.2, 0.25) is 5.02 Å². The van der Waals surface area contributed by atoms with Gasteiger partial charge in [-0.25, -0.2) is 9.97 Å². The number of hydrogen-bond donors (Lipinski definition) is 3. The second-order valence-electron chi connectivity index (χ2n) is 9.59. The summed E-state index contributed by atoms with van der Waals surface area (Å²) < 4.78 is 6.20. The summed E-state index contributed by atoms with van der Waals surface area (Å²) in [6.45, 7) is 2.01. The molecule has 0 atom stereocenters. The van der Waals surface area contributed by atoms with Crippen molar-refractivity contribution < 1.29 is 14.3 Å². The second kappa shape index (κ2) is 10.7. The molecule has 1 saturated heterocycles. The third-order valence-corrected chi connectivity index (χ3v) is 7.45. The molecule has 3 aliphatic rings. The SMILES string of the molecule is NC(=O)C1=Cc2c(ncnc2Nc2ccc(OC3CCN(C(=O)C4CCCC4)CC3)c(Cl)c2)NCC1. The van der Waals surface area contributed by atoms with Gasteiger partial charge in [0, 0.05) is 49.7 Å². The van der Waals surface area contributed by atoms with E-state index in [4.69, 9.17) is 22.1 Å².